The van der Waals surface area contributed by atoms with E-state index >= 15 is 0 Å². The molecule has 2 N–H and O–H groups in total. The molecule has 1 saturated carbocycles. The molecule has 98 valence electrons. The number of nitrogens with one attached hydrogen (secondary N) is 2. The number of nitrogens with zero attached hydrogens (tertiary/aromatic N) is 1. The minimum atomic E-state index is 0.544. The molecule has 2 aliphatic rings. The second-order valence-electron chi connectivity index (χ2n) is 5.40. The van der Waals surface area contributed by atoms with Crippen molar-refractivity contribution in [3.63, 3.8) is 0 Å². The van der Waals surface area contributed by atoms with Gasteiger partial charge in [0.15, 0.2) is 0 Å². The molecule has 0 spiro atoms. The number of rotatable bonds is 3. The van der Waals surface area contributed by atoms with Crippen molar-refractivity contribution in [1.82, 2.24) is 10.3 Å². The molecule has 1 aliphatic carbocycles. The van der Waals surface area contributed by atoms with Crippen molar-refractivity contribution in [3.8, 4) is 0 Å². The van der Waals surface area contributed by atoms with Gasteiger partial charge in [-0.1, -0.05) is 18.0 Å². The minimum Gasteiger partial charge on any atom is -0.380 e. The minimum absolute atomic E-state index is 0.544. The van der Waals surface area contributed by atoms with Crippen LogP contribution in [0.3, 0.4) is 0 Å². The van der Waals surface area contributed by atoms with Crippen molar-refractivity contribution in [2.24, 2.45) is 5.92 Å². The van der Waals surface area contributed by atoms with Gasteiger partial charge in [0.05, 0.1) is 16.9 Å². The van der Waals surface area contributed by atoms with Gasteiger partial charge < -0.3 is 10.6 Å². The van der Waals surface area contributed by atoms with Crippen LogP contribution in [-0.4, -0.2) is 23.6 Å². The van der Waals surface area contributed by atoms with Crippen molar-refractivity contribution in [1.29, 1.82) is 0 Å². The Kier molecular flexibility index (Phi) is 3.71. The van der Waals surface area contributed by atoms with E-state index in [1.165, 1.54) is 38.6 Å². The van der Waals surface area contributed by atoms with E-state index in [1.54, 1.807) is 6.20 Å². The fraction of sp³-hybridized carbons (Fsp3) is 0.643. The van der Waals surface area contributed by atoms with Gasteiger partial charge in [0, 0.05) is 18.3 Å². The van der Waals surface area contributed by atoms with Crippen LogP contribution in [0.1, 0.15) is 32.1 Å². The highest BCUT2D eigenvalue weighted by atomic mass is 35.5. The summed E-state index contributed by atoms with van der Waals surface area (Å²) in [5.74, 6) is 0.740. The Morgan fingerprint density at radius 1 is 1.28 bits per heavy atom. The maximum atomic E-state index is 6.19. The first-order chi connectivity index (χ1) is 8.84. The first-order valence-electron chi connectivity index (χ1n) is 6.94. The van der Waals surface area contributed by atoms with Gasteiger partial charge in [-0.2, -0.15) is 0 Å². The van der Waals surface area contributed by atoms with Crippen LogP contribution < -0.4 is 10.6 Å². The lowest BCUT2D eigenvalue weighted by molar-refractivity contribution is 0.376. The molecule has 3 rings (SSSR count). The molecule has 1 saturated heterocycles. The number of halogens is 1. The van der Waals surface area contributed by atoms with Gasteiger partial charge in [-0.15, -0.1) is 0 Å². The largest absolute Gasteiger partial charge is 0.380 e. The summed E-state index contributed by atoms with van der Waals surface area (Å²) in [5, 5.41) is 8.02. The van der Waals surface area contributed by atoms with Crippen molar-refractivity contribution in [3.05, 3.63) is 23.5 Å². The van der Waals surface area contributed by atoms with Crippen LogP contribution in [0, 0.1) is 5.92 Å². The molecule has 0 bridgehead atoms. The number of hydrogen-bond acceptors (Lipinski definition) is 3. The fourth-order valence-corrected chi connectivity index (χ4v) is 3.57. The SMILES string of the molecule is Clc1ccncc1NC1CCCC1C1CCCN1. The fourth-order valence-electron chi connectivity index (χ4n) is 3.41. The molecule has 3 nitrogen and oxygen atoms in total. The van der Waals surface area contributed by atoms with Gasteiger partial charge in [-0.25, -0.2) is 0 Å². The second kappa shape index (κ2) is 5.45. The number of pyridine rings is 1. The van der Waals surface area contributed by atoms with Crippen molar-refractivity contribution >= 4 is 17.3 Å². The van der Waals surface area contributed by atoms with Gasteiger partial charge >= 0.3 is 0 Å². The van der Waals surface area contributed by atoms with E-state index in [9.17, 15) is 0 Å². The van der Waals surface area contributed by atoms with Gasteiger partial charge in [-0.05, 0) is 44.2 Å². The molecule has 1 aromatic rings. The lowest BCUT2D eigenvalue weighted by atomic mass is 9.93. The summed E-state index contributed by atoms with van der Waals surface area (Å²) in [5.41, 5.74) is 0.981. The first kappa shape index (κ1) is 12.2. The summed E-state index contributed by atoms with van der Waals surface area (Å²) in [4.78, 5) is 4.15. The molecule has 2 heterocycles. The maximum absolute atomic E-state index is 6.19. The zero-order valence-electron chi connectivity index (χ0n) is 10.5. The van der Waals surface area contributed by atoms with Crippen LogP contribution in [0.2, 0.25) is 5.02 Å². The van der Waals surface area contributed by atoms with Crippen molar-refractivity contribution < 1.29 is 0 Å². The molecule has 0 radical (unpaired) electrons. The van der Waals surface area contributed by atoms with Gasteiger partial charge in [0.1, 0.15) is 0 Å². The van der Waals surface area contributed by atoms with Crippen LogP contribution in [0.4, 0.5) is 5.69 Å². The molecule has 0 aromatic carbocycles. The highest BCUT2D eigenvalue weighted by molar-refractivity contribution is 6.33. The quantitative estimate of drug-likeness (QED) is 0.882. The van der Waals surface area contributed by atoms with Crippen LogP contribution >= 0.6 is 11.6 Å². The van der Waals surface area contributed by atoms with Crippen molar-refractivity contribution in [2.45, 2.75) is 44.2 Å². The normalized spacial score (nSPS) is 31.7. The Labute approximate surface area is 113 Å². The predicted molar refractivity (Wildman–Crippen MR) is 75.0 cm³/mol. The third kappa shape index (κ3) is 2.47. The Balaban J connectivity index is 1.69. The molecule has 2 fully saturated rings. The van der Waals surface area contributed by atoms with Crippen molar-refractivity contribution in [2.75, 3.05) is 11.9 Å². The Morgan fingerprint density at radius 3 is 3.00 bits per heavy atom. The molecule has 1 aromatic heterocycles. The van der Waals surface area contributed by atoms with E-state index in [4.69, 9.17) is 11.6 Å². The van der Waals surface area contributed by atoms with Crippen LogP contribution in [0.15, 0.2) is 18.5 Å². The van der Waals surface area contributed by atoms with E-state index in [0.29, 0.717) is 12.1 Å². The zero-order valence-corrected chi connectivity index (χ0v) is 11.3. The Bertz CT molecular complexity index is 404. The molecular weight excluding hydrogens is 246 g/mol. The second-order valence-corrected chi connectivity index (χ2v) is 5.81. The highest BCUT2D eigenvalue weighted by Crippen LogP contribution is 2.34. The summed E-state index contributed by atoms with van der Waals surface area (Å²) in [6.45, 7) is 1.18. The molecule has 3 unspecified atom stereocenters. The first-order valence-corrected chi connectivity index (χ1v) is 7.32. The van der Waals surface area contributed by atoms with E-state index in [1.807, 2.05) is 12.3 Å². The molecule has 4 heteroatoms. The number of aromatic nitrogens is 1. The average Bonchev–Trinajstić information content (AvgIpc) is 3.02. The van der Waals surface area contributed by atoms with E-state index in [2.05, 4.69) is 15.6 Å². The van der Waals surface area contributed by atoms with Crippen LogP contribution in [0.25, 0.3) is 0 Å². The van der Waals surface area contributed by atoms with Gasteiger partial charge in [0.25, 0.3) is 0 Å². The topological polar surface area (TPSA) is 37.0 Å². The summed E-state index contributed by atoms with van der Waals surface area (Å²) in [7, 11) is 0. The average molecular weight is 266 g/mol. The zero-order chi connectivity index (χ0) is 12.4. The van der Waals surface area contributed by atoms with Crippen LogP contribution in [0.5, 0.6) is 0 Å². The van der Waals surface area contributed by atoms with Crippen LogP contribution in [-0.2, 0) is 0 Å². The lowest BCUT2D eigenvalue weighted by Gasteiger charge is -2.27. The Morgan fingerprint density at radius 2 is 2.22 bits per heavy atom. The lowest BCUT2D eigenvalue weighted by Crippen LogP contribution is -2.38. The van der Waals surface area contributed by atoms with Gasteiger partial charge in [-0.3, -0.25) is 4.98 Å². The van der Waals surface area contributed by atoms with E-state index in [-0.39, 0.29) is 0 Å². The highest BCUT2D eigenvalue weighted by Gasteiger charge is 2.35. The molecule has 18 heavy (non-hydrogen) atoms. The standard InChI is InChI=1S/C14H20ClN3/c15-11-6-8-16-9-14(11)18-13-4-1-3-10(13)12-5-2-7-17-12/h6,8-10,12-13,17-18H,1-5,7H2. The monoisotopic (exact) mass is 265 g/mol. The van der Waals surface area contributed by atoms with E-state index < -0.39 is 0 Å². The maximum Gasteiger partial charge on any atom is 0.0718 e. The molecule has 0 amide bonds. The third-order valence-corrected chi connectivity index (χ3v) is 4.62. The number of hydrogen-bond donors (Lipinski definition) is 2. The summed E-state index contributed by atoms with van der Waals surface area (Å²) < 4.78 is 0. The third-order valence-electron chi connectivity index (χ3n) is 4.29. The molecule has 3 atom stereocenters. The Hall–Kier alpha value is -0.800. The summed E-state index contributed by atoms with van der Waals surface area (Å²) >= 11 is 6.19. The smallest absolute Gasteiger partial charge is 0.0718 e. The number of anilines is 1. The van der Waals surface area contributed by atoms with Gasteiger partial charge in [0.2, 0.25) is 0 Å². The predicted octanol–water partition coefficient (Wildman–Crippen LogP) is 3.07. The molecular formula is C14H20ClN3. The van der Waals surface area contributed by atoms with E-state index in [0.717, 1.165) is 16.6 Å². The summed E-state index contributed by atoms with van der Waals surface area (Å²) in [6, 6.07) is 3.09. The molecule has 1 aliphatic heterocycles. The summed E-state index contributed by atoms with van der Waals surface area (Å²) in [6.07, 6.45) is 10.1.